The molecule has 0 amide bonds. The van der Waals surface area contributed by atoms with Gasteiger partial charge in [0.15, 0.2) is 0 Å². The van der Waals surface area contributed by atoms with Crippen LogP contribution in [0.5, 0.6) is 0 Å². The van der Waals surface area contributed by atoms with E-state index >= 15 is 0 Å². The number of halogens is 2. The molecule has 6 heteroatoms. The van der Waals surface area contributed by atoms with E-state index in [1.54, 1.807) is 0 Å². The molecule has 0 aliphatic carbocycles. The van der Waals surface area contributed by atoms with Crippen molar-refractivity contribution in [2.45, 2.75) is 13.5 Å². The van der Waals surface area contributed by atoms with Crippen molar-refractivity contribution in [3.8, 4) is 0 Å². The van der Waals surface area contributed by atoms with Crippen LogP contribution in [0.3, 0.4) is 0 Å². The first-order chi connectivity index (χ1) is 7.06. The number of hydrogen-bond acceptors (Lipinski definition) is 2. The van der Waals surface area contributed by atoms with Crippen molar-refractivity contribution in [2.24, 2.45) is 7.05 Å². The lowest BCUT2D eigenvalue weighted by atomic mass is 10.4. The quantitative estimate of drug-likeness (QED) is 0.846. The second-order valence-electron chi connectivity index (χ2n) is 3.35. The molecule has 0 unspecified atom stereocenters. The SMILES string of the molecule is Cc1cc(Cn2nc(Br)cc2Br)n(C)n1. The van der Waals surface area contributed by atoms with E-state index in [9.17, 15) is 0 Å². The Morgan fingerprint density at radius 3 is 2.47 bits per heavy atom. The Balaban J connectivity index is 2.29. The molecule has 2 heterocycles. The van der Waals surface area contributed by atoms with Gasteiger partial charge in [0.2, 0.25) is 0 Å². The summed E-state index contributed by atoms with van der Waals surface area (Å²) in [6, 6.07) is 3.98. The molecular formula is C9H10Br2N4. The summed E-state index contributed by atoms with van der Waals surface area (Å²) in [5.41, 5.74) is 2.15. The molecule has 15 heavy (non-hydrogen) atoms. The van der Waals surface area contributed by atoms with Gasteiger partial charge in [-0.15, -0.1) is 0 Å². The maximum Gasteiger partial charge on any atom is 0.129 e. The maximum atomic E-state index is 4.30. The molecule has 0 aliphatic heterocycles. The molecule has 2 aromatic heterocycles. The van der Waals surface area contributed by atoms with Gasteiger partial charge in [-0.2, -0.15) is 10.2 Å². The smallest absolute Gasteiger partial charge is 0.129 e. The second kappa shape index (κ2) is 4.09. The first-order valence-corrected chi connectivity index (χ1v) is 6.03. The highest BCUT2D eigenvalue weighted by Crippen LogP contribution is 2.17. The second-order valence-corrected chi connectivity index (χ2v) is 4.97. The maximum absolute atomic E-state index is 4.30. The Bertz CT molecular complexity index is 442. The Kier molecular flexibility index (Phi) is 2.97. The minimum atomic E-state index is 0.712. The molecule has 2 aromatic rings. The average molecular weight is 334 g/mol. The summed E-state index contributed by atoms with van der Waals surface area (Å²) in [6.07, 6.45) is 0. The molecule has 4 nitrogen and oxygen atoms in total. The Labute approximate surface area is 105 Å². The number of hydrogen-bond donors (Lipinski definition) is 0. The number of rotatable bonds is 2. The highest BCUT2D eigenvalue weighted by molar-refractivity contribution is 9.11. The summed E-state index contributed by atoms with van der Waals surface area (Å²) < 4.78 is 5.53. The Hall–Kier alpha value is -0.620. The fraction of sp³-hybridized carbons (Fsp3) is 0.333. The van der Waals surface area contributed by atoms with E-state index in [1.807, 2.05) is 29.4 Å². The van der Waals surface area contributed by atoms with Crippen LogP contribution in [0.1, 0.15) is 11.4 Å². The van der Waals surface area contributed by atoms with Crippen LogP contribution < -0.4 is 0 Å². The van der Waals surface area contributed by atoms with Crippen LogP contribution >= 0.6 is 31.9 Å². The summed E-state index contributed by atoms with van der Waals surface area (Å²) in [4.78, 5) is 0. The zero-order valence-corrected chi connectivity index (χ0v) is 11.6. The number of aromatic nitrogens is 4. The Morgan fingerprint density at radius 1 is 1.27 bits per heavy atom. The fourth-order valence-corrected chi connectivity index (χ4v) is 2.58. The zero-order chi connectivity index (χ0) is 11.0. The average Bonchev–Trinajstić information content (AvgIpc) is 2.58. The third-order valence-electron chi connectivity index (χ3n) is 2.11. The zero-order valence-electron chi connectivity index (χ0n) is 8.41. The van der Waals surface area contributed by atoms with Gasteiger partial charge in [0.1, 0.15) is 9.21 Å². The van der Waals surface area contributed by atoms with Crippen molar-refractivity contribution in [3.63, 3.8) is 0 Å². The van der Waals surface area contributed by atoms with E-state index in [1.165, 1.54) is 0 Å². The van der Waals surface area contributed by atoms with Gasteiger partial charge in [-0.25, -0.2) is 0 Å². The van der Waals surface area contributed by atoms with Gasteiger partial charge in [0, 0.05) is 13.1 Å². The minimum absolute atomic E-state index is 0.712. The van der Waals surface area contributed by atoms with Crippen LogP contribution in [-0.4, -0.2) is 19.6 Å². The van der Waals surface area contributed by atoms with E-state index in [0.717, 1.165) is 20.6 Å². The third-order valence-corrected chi connectivity index (χ3v) is 3.14. The van der Waals surface area contributed by atoms with Gasteiger partial charge in [-0.1, -0.05) is 0 Å². The summed E-state index contributed by atoms with van der Waals surface area (Å²) in [5, 5.41) is 8.59. The predicted octanol–water partition coefficient (Wildman–Crippen LogP) is 2.50. The molecular weight excluding hydrogens is 324 g/mol. The molecule has 2 rings (SSSR count). The van der Waals surface area contributed by atoms with Crippen molar-refractivity contribution in [3.05, 3.63) is 32.7 Å². The van der Waals surface area contributed by atoms with E-state index in [-0.39, 0.29) is 0 Å². The largest absolute Gasteiger partial charge is 0.270 e. The minimum Gasteiger partial charge on any atom is -0.270 e. The van der Waals surface area contributed by atoms with Gasteiger partial charge in [0.05, 0.1) is 17.9 Å². The van der Waals surface area contributed by atoms with E-state index in [0.29, 0.717) is 6.54 Å². The third kappa shape index (κ3) is 2.31. The highest BCUT2D eigenvalue weighted by Gasteiger charge is 2.07. The van der Waals surface area contributed by atoms with Crippen molar-refractivity contribution >= 4 is 31.9 Å². The van der Waals surface area contributed by atoms with Crippen molar-refractivity contribution in [1.82, 2.24) is 19.6 Å². The number of nitrogens with zero attached hydrogens (tertiary/aromatic N) is 4. The van der Waals surface area contributed by atoms with Crippen molar-refractivity contribution < 1.29 is 0 Å². The molecule has 0 radical (unpaired) electrons. The first-order valence-electron chi connectivity index (χ1n) is 4.44. The summed E-state index contributed by atoms with van der Waals surface area (Å²) >= 11 is 6.78. The summed E-state index contributed by atoms with van der Waals surface area (Å²) in [5.74, 6) is 0. The van der Waals surface area contributed by atoms with Crippen LogP contribution in [0.4, 0.5) is 0 Å². The van der Waals surface area contributed by atoms with Gasteiger partial charge >= 0.3 is 0 Å². The van der Waals surface area contributed by atoms with E-state index in [2.05, 4.69) is 48.1 Å². The van der Waals surface area contributed by atoms with Crippen LogP contribution in [-0.2, 0) is 13.6 Å². The van der Waals surface area contributed by atoms with Crippen molar-refractivity contribution in [2.75, 3.05) is 0 Å². The van der Waals surface area contributed by atoms with Crippen LogP contribution in [0.15, 0.2) is 21.3 Å². The molecule has 0 aromatic carbocycles. The molecule has 0 saturated heterocycles. The molecule has 0 fully saturated rings. The lowest BCUT2D eigenvalue weighted by Gasteiger charge is -2.03. The fourth-order valence-electron chi connectivity index (χ4n) is 1.44. The topological polar surface area (TPSA) is 35.6 Å². The van der Waals surface area contributed by atoms with Gasteiger partial charge in [-0.3, -0.25) is 9.36 Å². The Morgan fingerprint density at radius 2 is 2.00 bits per heavy atom. The van der Waals surface area contributed by atoms with Gasteiger partial charge in [-0.05, 0) is 44.8 Å². The molecule has 0 aliphatic rings. The monoisotopic (exact) mass is 332 g/mol. The van der Waals surface area contributed by atoms with Crippen LogP contribution in [0.25, 0.3) is 0 Å². The normalized spacial score (nSPS) is 10.9. The molecule has 0 spiro atoms. The molecule has 0 atom stereocenters. The van der Waals surface area contributed by atoms with Crippen LogP contribution in [0.2, 0.25) is 0 Å². The molecule has 0 saturated carbocycles. The lowest BCUT2D eigenvalue weighted by Crippen LogP contribution is -2.07. The molecule has 0 N–H and O–H groups in total. The van der Waals surface area contributed by atoms with Gasteiger partial charge in [0.25, 0.3) is 0 Å². The summed E-state index contributed by atoms with van der Waals surface area (Å²) in [6.45, 7) is 2.70. The first kappa shape index (κ1) is 10.9. The van der Waals surface area contributed by atoms with Crippen LogP contribution in [0, 0.1) is 6.92 Å². The highest BCUT2D eigenvalue weighted by atomic mass is 79.9. The van der Waals surface area contributed by atoms with E-state index < -0.39 is 0 Å². The predicted molar refractivity (Wildman–Crippen MR) is 64.7 cm³/mol. The molecule has 80 valence electrons. The standard InChI is InChI=1S/C9H10Br2N4/c1-6-3-7(14(2)12-6)5-15-9(11)4-8(10)13-15/h3-4H,5H2,1-2H3. The van der Waals surface area contributed by atoms with E-state index in [4.69, 9.17) is 0 Å². The lowest BCUT2D eigenvalue weighted by molar-refractivity contribution is 0.607. The van der Waals surface area contributed by atoms with Gasteiger partial charge < -0.3 is 0 Å². The number of aryl methyl sites for hydroxylation is 2. The molecule has 0 bridgehead atoms. The van der Waals surface area contributed by atoms with Crippen molar-refractivity contribution in [1.29, 1.82) is 0 Å². The summed E-state index contributed by atoms with van der Waals surface area (Å²) in [7, 11) is 1.94.